The molecule has 1 amide bonds. The summed E-state index contributed by atoms with van der Waals surface area (Å²) >= 11 is 0. The summed E-state index contributed by atoms with van der Waals surface area (Å²) in [4.78, 5) is 14.1. The number of amides is 1. The first-order chi connectivity index (χ1) is 9.02. The van der Waals surface area contributed by atoms with Gasteiger partial charge in [0.1, 0.15) is 0 Å². The number of rotatable bonds is 4. The van der Waals surface area contributed by atoms with Crippen molar-refractivity contribution in [3.63, 3.8) is 0 Å². The molecule has 0 spiro atoms. The molecule has 1 unspecified atom stereocenters. The van der Waals surface area contributed by atoms with Crippen LogP contribution in [0.5, 0.6) is 0 Å². The van der Waals surface area contributed by atoms with Gasteiger partial charge in [-0.25, -0.2) is 0 Å². The number of nitrogens with zero attached hydrogens (tertiary/aromatic N) is 1. The van der Waals surface area contributed by atoms with Crippen LogP contribution in [0.15, 0.2) is 24.3 Å². The lowest BCUT2D eigenvalue weighted by molar-refractivity contribution is -0.130. The van der Waals surface area contributed by atoms with E-state index in [1.807, 2.05) is 4.90 Å². The Balaban J connectivity index is 0.00000200. The minimum atomic E-state index is 0. The van der Waals surface area contributed by atoms with E-state index in [1.54, 1.807) is 0 Å². The average molecular weight is 297 g/mol. The minimum absolute atomic E-state index is 0. The first-order valence-corrected chi connectivity index (χ1v) is 7.06. The van der Waals surface area contributed by atoms with Gasteiger partial charge in [-0.15, -0.1) is 12.4 Å². The summed E-state index contributed by atoms with van der Waals surface area (Å²) in [5.41, 5.74) is 8.39. The molecule has 1 aromatic carbocycles. The van der Waals surface area contributed by atoms with Crippen LogP contribution in [0.4, 0.5) is 0 Å². The van der Waals surface area contributed by atoms with Gasteiger partial charge >= 0.3 is 0 Å². The van der Waals surface area contributed by atoms with Gasteiger partial charge in [-0.2, -0.15) is 0 Å². The number of carbonyl (C=O) groups excluding carboxylic acids is 1. The third kappa shape index (κ3) is 4.22. The molecule has 0 radical (unpaired) electrons. The highest BCUT2D eigenvalue weighted by Gasteiger charge is 2.34. The second kappa shape index (κ2) is 7.09. The van der Waals surface area contributed by atoms with E-state index in [9.17, 15) is 4.79 Å². The van der Waals surface area contributed by atoms with Crippen molar-refractivity contribution in [3.05, 3.63) is 35.4 Å². The maximum absolute atomic E-state index is 12.2. The van der Waals surface area contributed by atoms with Crippen LogP contribution in [0, 0.1) is 12.3 Å². The number of likely N-dealkylation sites (tertiary alicyclic amines) is 1. The molecule has 1 atom stereocenters. The van der Waals surface area contributed by atoms with E-state index in [0.29, 0.717) is 13.0 Å². The molecule has 3 nitrogen and oxygen atoms in total. The minimum Gasteiger partial charge on any atom is -0.342 e. The highest BCUT2D eigenvalue weighted by atomic mass is 35.5. The smallest absolute Gasteiger partial charge is 0.222 e. The highest BCUT2D eigenvalue weighted by molar-refractivity contribution is 5.85. The summed E-state index contributed by atoms with van der Waals surface area (Å²) in [6, 6.07) is 8.41. The van der Waals surface area contributed by atoms with E-state index in [0.717, 1.165) is 25.9 Å². The molecule has 2 N–H and O–H groups in total. The Bertz CT molecular complexity index is 446. The van der Waals surface area contributed by atoms with E-state index < -0.39 is 0 Å². The number of aryl methyl sites for hydroxylation is 2. The van der Waals surface area contributed by atoms with Crippen LogP contribution in [0.3, 0.4) is 0 Å². The number of hydrogen-bond donors (Lipinski definition) is 1. The largest absolute Gasteiger partial charge is 0.342 e. The predicted octanol–water partition coefficient (Wildman–Crippen LogP) is 2.55. The molecule has 1 saturated heterocycles. The second-order valence-electron chi connectivity index (χ2n) is 6.07. The normalized spacial score (nSPS) is 21.6. The molecule has 0 bridgehead atoms. The molecule has 2 rings (SSSR count). The van der Waals surface area contributed by atoms with E-state index in [1.165, 1.54) is 11.1 Å². The topological polar surface area (TPSA) is 46.3 Å². The lowest BCUT2D eigenvalue weighted by atomic mass is 9.90. The molecule has 0 aliphatic carbocycles. The molecular weight excluding hydrogens is 272 g/mol. The SMILES string of the molecule is Cc1ccc(CCC(=O)N2CCC(C)(CN)C2)cc1.Cl. The van der Waals surface area contributed by atoms with Gasteiger partial charge in [-0.05, 0) is 37.3 Å². The number of halogens is 1. The number of benzene rings is 1. The standard InChI is InChI=1S/C16H24N2O.ClH/c1-13-3-5-14(6-4-13)7-8-15(19)18-10-9-16(2,11-17)12-18;/h3-6H,7-12,17H2,1-2H3;1H. The Labute approximate surface area is 127 Å². The Morgan fingerprint density at radius 3 is 2.55 bits per heavy atom. The van der Waals surface area contributed by atoms with Crippen molar-refractivity contribution < 1.29 is 4.79 Å². The van der Waals surface area contributed by atoms with Crippen molar-refractivity contribution >= 4 is 18.3 Å². The molecule has 20 heavy (non-hydrogen) atoms. The Morgan fingerprint density at radius 2 is 2.00 bits per heavy atom. The summed E-state index contributed by atoms with van der Waals surface area (Å²) in [6.45, 7) is 6.58. The van der Waals surface area contributed by atoms with Gasteiger partial charge in [0.15, 0.2) is 0 Å². The monoisotopic (exact) mass is 296 g/mol. The van der Waals surface area contributed by atoms with Crippen LogP contribution in [0.2, 0.25) is 0 Å². The van der Waals surface area contributed by atoms with Gasteiger partial charge < -0.3 is 10.6 Å². The Kier molecular flexibility index (Phi) is 6.03. The average Bonchev–Trinajstić information content (AvgIpc) is 2.81. The zero-order chi connectivity index (χ0) is 13.9. The third-order valence-corrected chi connectivity index (χ3v) is 4.15. The number of carbonyl (C=O) groups is 1. The molecule has 1 aromatic rings. The summed E-state index contributed by atoms with van der Waals surface area (Å²) in [5.74, 6) is 0.262. The zero-order valence-corrected chi connectivity index (χ0v) is 13.2. The maximum Gasteiger partial charge on any atom is 0.222 e. The van der Waals surface area contributed by atoms with Gasteiger partial charge in [-0.1, -0.05) is 36.8 Å². The molecule has 0 aromatic heterocycles. The Morgan fingerprint density at radius 1 is 1.35 bits per heavy atom. The van der Waals surface area contributed by atoms with Gasteiger partial charge in [0.25, 0.3) is 0 Å². The number of hydrogen-bond acceptors (Lipinski definition) is 2. The number of nitrogens with two attached hydrogens (primary N) is 1. The van der Waals surface area contributed by atoms with Crippen LogP contribution < -0.4 is 5.73 Å². The van der Waals surface area contributed by atoms with Gasteiger partial charge in [0.05, 0.1) is 0 Å². The van der Waals surface area contributed by atoms with Crippen molar-refractivity contribution in [1.29, 1.82) is 0 Å². The van der Waals surface area contributed by atoms with Crippen LogP contribution in [-0.4, -0.2) is 30.4 Å². The first kappa shape index (κ1) is 17.0. The quantitative estimate of drug-likeness (QED) is 0.928. The summed E-state index contributed by atoms with van der Waals surface area (Å²) in [5, 5.41) is 0. The van der Waals surface area contributed by atoms with Crippen LogP contribution in [0.25, 0.3) is 0 Å². The maximum atomic E-state index is 12.2. The van der Waals surface area contributed by atoms with Gasteiger partial charge in [0.2, 0.25) is 5.91 Å². The van der Waals surface area contributed by atoms with Crippen molar-refractivity contribution in [1.82, 2.24) is 4.90 Å². The molecule has 0 saturated carbocycles. The molecule has 1 heterocycles. The summed E-state index contributed by atoms with van der Waals surface area (Å²) < 4.78 is 0. The van der Waals surface area contributed by atoms with E-state index in [-0.39, 0.29) is 23.7 Å². The zero-order valence-electron chi connectivity index (χ0n) is 12.4. The molecule has 4 heteroatoms. The van der Waals surface area contributed by atoms with E-state index in [4.69, 9.17) is 5.73 Å². The molecular formula is C16H25ClN2O. The fourth-order valence-corrected chi connectivity index (χ4v) is 2.57. The molecule has 1 aliphatic heterocycles. The van der Waals surface area contributed by atoms with Gasteiger partial charge in [-0.3, -0.25) is 4.79 Å². The van der Waals surface area contributed by atoms with Crippen molar-refractivity contribution in [2.24, 2.45) is 11.1 Å². The van der Waals surface area contributed by atoms with E-state index >= 15 is 0 Å². The second-order valence-corrected chi connectivity index (χ2v) is 6.07. The van der Waals surface area contributed by atoms with Crippen molar-refractivity contribution in [3.8, 4) is 0 Å². The van der Waals surface area contributed by atoms with Crippen LogP contribution in [-0.2, 0) is 11.2 Å². The summed E-state index contributed by atoms with van der Waals surface area (Å²) in [6.07, 6.45) is 2.46. The Hall–Kier alpha value is -1.06. The molecule has 1 fully saturated rings. The van der Waals surface area contributed by atoms with Crippen LogP contribution in [0.1, 0.15) is 30.9 Å². The fraction of sp³-hybridized carbons (Fsp3) is 0.562. The molecule has 1 aliphatic rings. The fourth-order valence-electron chi connectivity index (χ4n) is 2.57. The van der Waals surface area contributed by atoms with Gasteiger partial charge in [0, 0.05) is 19.5 Å². The predicted molar refractivity (Wildman–Crippen MR) is 85.1 cm³/mol. The van der Waals surface area contributed by atoms with Crippen molar-refractivity contribution in [2.45, 2.75) is 33.1 Å². The lowest BCUT2D eigenvalue weighted by Gasteiger charge is -2.22. The highest BCUT2D eigenvalue weighted by Crippen LogP contribution is 2.28. The summed E-state index contributed by atoms with van der Waals surface area (Å²) in [7, 11) is 0. The van der Waals surface area contributed by atoms with E-state index in [2.05, 4.69) is 38.1 Å². The third-order valence-electron chi connectivity index (χ3n) is 4.15. The lowest BCUT2D eigenvalue weighted by Crippen LogP contribution is -2.34. The molecule has 112 valence electrons. The first-order valence-electron chi connectivity index (χ1n) is 7.06. The van der Waals surface area contributed by atoms with Crippen molar-refractivity contribution in [2.75, 3.05) is 19.6 Å². The van der Waals surface area contributed by atoms with Crippen LogP contribution >= 0.6 is 12.4 Å².